The molecule has 134 valence electrons. The summed E-state index contributed by atoms with van der Waals surface area (Å²) in [7, 11) is 3.13. The molecule has 1 spiro atoms. The van der Waals surface area contributed by atoms with E-state index >= 15 is 0 Å². The Morgan fingerprint density at radius 1 is 1.04 bits per heavy atom. The molecule has 4 aliphatic rings. The zero-order valence-electron chi connectivity index (χ0n) is 14.7. The highest BCUT2D eigenvalue weighted by molar-refractivity contribution is 6.07. The first-order valence-corrected chi connectivity index (χ1v) is 8.93. The molecule has 3 fully saturated rings. The summed E-state index contributed by atoms with van der Waals surface area (Å²) in [6, 6.07) is 5.34. The second kappa shape index (κ2) is 5.19. The molecule has 1 aromatic rings. The van der Waals surface area contributed by atoms with Gasteiger partial charge in [0, 0.05) is 0 Å². The third-order valence-electron chi connectivity index (χ3n) is 6.56. The van der Waals surface area contributed by atoms with Crippen LogP contribution in [0.15, 0.2) is 35.5 Å². The SMILES string of the molecule is COc1ccc(/C=N\N2C(=O)[C@@H]3[C@@H](C2=O)[C@@H]2C=C[C@H]3C23CC3)cc1OC. The number of allylic oxidation sites excluding steroid dienone is 2. The number of nitrogens with zero attached hydrogens (tertiary/aromatic N) is 2. The number of amides is 2. The van der Waals surface area contributed by atoms with Crippen LogP contribution in [0.2, 0.25) is 0 Å². The zero-order valence-corrected chi connectivity index (χ0v) is 14.7. The molecule has 1 saturated heterocycles. The molecule has 5 rings (SSSR count). The predicted molar refractivity (Wildman–Crippen MR) is 93.8 cm³/mol. The highest BCUT2D eigenvalue weighted by Crippen LogP contribution is 2.73. The van der Waals surface area contributed by atoms with Gasteiger partial charge in [-0.05, 0) is 53.9 Å². The van der Waals surface area contributed by atoms with Gasteiger partial charge in [-0.15, -0.1) is 0 Å². The Morgan fingerprint density at radius 2 is 1.65 bits per heavy atom. The molecule has 0 aromatic heterocycles. The molecule has 0 radical (unpaired) electrons. The number of hydrogen-bond donors (Lipinski definition) is 0. The van der Waals surface area contributed by atoms with E-state index in [2.05, 4.69) is 17.3 Å². The number of ether oxygens (including phenoxy) is 2. The van der Waals surface area contributed by atoms with Gasteiger partial charge in [-0.1, -0.05) is 12.2 Å². The van der Waals surface area contributed by atoms with Crippen molar-refractivity contribution in [1.29, 1.82) is 0 Å². The minimum absolute atomic E-state index is 0.153. The maximum Gasteiger partial charge on any atom is 0.254 e. The van der Waals surface area contributed by atoms with Crippen molar-refractivity contribution in [2.75, 3.05) is 14.2 Å². The number of imide groups is 1. The molecule has 0 unspecified atom stereocenters. The Kier molecular flexibility index (Phi) is 3.12. The third kappa shape index (κ3) is 1.84. The summed E-state index contributed by atoms with van der Waals surface area (Å²) in [5, 5.41) is 5.30. The minimum atomic E-state index is -0.220. The fourth-order valence-corrected chi connectivity index (χ4v) is 5.23. The Balaban J connectivity index is 1.40. The van der Waals surface area contributed by atoms with Crippen LogP contribution in [0.25, 0.3) is 0 Å². The van der Waals surface area contributed by atoms with Crippen LogP contribution in [0, 0.1) is 29.1 Å². The molecule has 6 heteroatoms. The van der Waals surface area contributed by atoms with Gasteiger partial charge in [-0.3, -0.25) is 9.59 Å². The minimum Gasteiger partial charge on any atom is -0.493 e. The van der Waals surface area contributed by atoms with Gasteiger partial charge < -0.3 is 9.47 Å². The molecule has 2 amide bonds. The molecule has 6 nitrogen and oxygen atoms in total. The van der Waals surface area contributed by atoms with Crippen molar-refractivity contribution in [1.82, 2.24) is 5.01 Å². The lowest BCUT2D eigenvalue weighted by Crippen LogP contribution is -2.30. The van der Waals surface area contributed by atoms with Crippen LogP contribution in [0.5, 0.6) is 11.5 Å². The Bertz CT molecular complexity index is 837. The van der Waals surface area contributed by atoms with Crippen molar-refractivity contribution in [3.63, 3.8) is 0 Å². The lowest BCUT2D eigenvalue weighted by Gasteiger charge is -2.18. The molecular formula is C20H20N2O4. The van der Waals surface area contributed by atoms with E-state index in [0.29, 0.717) is 11.5 Å². The van der Waals surface area contributed by atoms with Crippen LogP contribution in [0.1, 0.15) is 18.4 Å². The Morgan fingerprint density at radius 3 is 2.19 bits per heavy atom. The molecule has 2 bridgehead atoms. The first-order valence-electron chi connectivity index (χ1n) is 8.93. The van der Waals surface area contributed by atoms with Crippen molar-refractivity contribution in [3.8, 4) is 11.5 Å². The van der Waals surface area contributed by atoms with E-state index in [9.17, 15) is 9.59 Å². The average Bonchev–Trinajstić information content (AvgIpc) is 3.26. The highest BCUT2D eigenvalue weighted by atomic mass is 16.5. The second-order valence-corrected chi connectivity index (χ2v) is 7.57. The van der Waals surface area contributed by atoms with Crippen LogP contribution < -0.4 is 9.47 Å². The number of hydrogen-bond acceptors (Lipinski definition) is 5. The summed E-state index contributed by atoms with van der Waals surface area (Å²) in [4.78, 5) is 25.7. The van der Waals surface area contributed by atoms with Gasteiger partial charge >= 0.3 is 0 Å². The molecule has 0 N–H and O–H groups in total. The van der Waals surface area contributed by atoms with Gasteiger partial charge in [-0.25, -0.2) is 0 Å². The third-order valence-corrected chi connectivity index (χ3v) is 6.56. The van der Waals surface area contributed by atoms with Gasteiger partial charge in [0.1, 0.15) is 0 Å². The van der Waals surface area contributed by atoms with Gasteiger partial charge in [0.15, 0.2) is 11.5 Å². The fourth-order valence-electron chi connectivity index (χ4n) is 5.23. The number of fused-ring (bicyclic) bond motifs is 3. The summed E-state index contributed by atoms with van der Waals surface area (Å²) in [6.07, 6.45) is 8.12. The quantitative estimate of drug-likeness (QED) is 0.473. The second-order valence-electron chi connectivity index (χ2n) is 7.57. The summed E-state index contributed by atoms with van der Waals surface area (Å²) >= 11 is 0. The summed E-state index contributed by atoms with van der Waals surface area (Å²) in [5.74, 6) is 0.880. The molecule has 2 saturated carbocycles. The molecule has 1 aromatic carbocycles. The number of benzene rings is 1. The number of carbonyl (C=O) groups excluding carboxylic acids is 2. The van der Waals surface area contributed by atoms with Crippen LogP contribution in [0.4, 0.5) is 0 Å². The lowest BCUT2D eigenvalue weighted by molar-refractivity contribution is -0.141. The van der Waals surface area contributed by atoms with Crippen LogP contribution in [0.3, 0.4) is 0 Å². The van der Waals surface area contributed by atoms with E-state index in [1.807, 2.05) is 0 Å². The molecule has 26 heavy (non-hydrogen) atoms. The van der Waals surface area contributed by atoms with E-state index < -0.39 is 0 Å². The average molecular weight is 352 g/mol. The van der Waals surface area contributed by atoms with Crippen LogP contribution >= 0.6 is 0 Å². The summed E-state index contributed by atoms with van der Waals surface area (Å²) in [5.41, 5.74) is 0.944. The van der Waals surface area contributed by atoms with Crippen molar-refractivity contribution in [2.45, 2.75) is 12.8 Å². The van der Waals surface area contributed by atoms with E-state index in [0.717, 1.165) is 23.4 Å². The van der Waals surface area contributed by atoms with Gasteiger partial charge in [0.05, 0.1) is 32.3 Å². The van der Waals surface area contributed by atoms with Crippen molar-refractivity contribution in [3.05, 3.63) is 35.9 Å². The maximum atomic E-state index is 12.9. The fraction of sp³-hybridized carbons (Fsp3) is 0.450. The van der Waals surface area contributed by atoms with Crippen molar-refractivity contribution in [2.24, 2.45) is 34.2 Å². The summed E-state index contributed by atoms with van der Waals surface area (Å²) < 4.78 is 10.5. The van der Waals surface area contributed by atoms with Gasteiger partial charge in [-0.2, -0.15) is 10.1 Å². The van der Waals surface area contributed by atoms with Crippen molar-refractivity contribution >= 4 is 18.0 Å². The van der Waals surface area contributed by atoms with Crippen molar-refractivity contribution < 1.29 is 19.1 Å². The largest absolute Gasteiger partial charge is 0.493 e. The number of hydrazone groups is 1. The van der Waals surface area contributed by atoms with Crippen LogP contribution in [-0.2, 0) is 9.59 Å². The molecule has 1 aliphatic heterocycles. The van der Waals surface area contributed by atoms with Gasteiger partial charge in [0.2, 0.25) is 0 Å². The molecule has 1 heterocycles. The highest BCUT2D eigenvalue weighted by Gasteiger charge is 2.73. The molecule has 3 aliphatic carbocycles. The molecule has 4 atom stereocenters. The topological polar surface area (TPSA) is 68.2 Å². The smallest absolute Gasteiger partial charge is 0.254 e. The van der Waals surface area contributed by atoms with Crippen LogP contribution in [-0.4, -0.2) is 37.3 Å². The first kappa shape index (κ1) is 15.6. The number of rotatable bonds is 4. The van der Waals surface area contributed by atoms with E-state index in [4.69, 9.17) is 9.47 Å². The normalized spacial score (nSPS) is 32.8. The predicted octanol–water partition coefficient (Wildman–Crippen LogP) is 2.23. The monoisotopic (exact) mass is 352 g/mol. The lowest BCUT2D eigenvalue weighted by atomic mass is 9.85. The zero-order chi connectivity index (χ0) is 18.1. The number of carbonyl (C=O) groups is 2. The van der Waals surface area contributed by atoms with Gasteiger partial charge in [0.25, 0.3) is 11.8 Å². The first-order chi connectivity index (χ1) is 12.6. The maximum absolute atomic E-state index is 12.9. The standard InChI is InChI=1S/C20H20N2O4/c1-25-14-6-3-11(9-15(14)26-2)10-21-22-18(23)16-12-4-5-13(17(16)19(22)24)20(12)7-8-20/h3-6,9-10,12-13,16-17H,7-8H2,1-2H3/b21-10-/t12-,13+,16-,17-/m0/s1. The van der Waals surface area contributed by atoms with E-state index in [-0.39, 0.29) is 40.9 Å². The Hall–Kier alpha value is -2.63. The van der Waals surface area contributed by atoms with E-state index in [1.54, 1.807) is 32.4 Å². The van der Waals surface area contributed by atoms with E-state index in [1.165, 1.54) is 6.21 Å². The Labute approximate surface area is 151 Å². The summed E-state index contributed by atoms with van der Waals surface area (Å²) in [6.45, 7) is 0. The number of methoxy groups -OCH3 is 2. The molecular weight excluding hydrogens is 332 g/mol.